The van der Waals surface area contributed by atoms with E-state index in [1.165, 1.54) is 6.07 Å². The van der Waals surface area contributed by atoms with E-state index in [0.717, 1.165) is 0 Å². The number of halogens is 4. The number of alkyl halides is 3. The Labute approximate surface area is 92.7 Å². The molecule has 0 bridgehead atoms. The van der Waals surface area contributed by atoms with Crippen LogP contribution in [0.25, 0.3) is 0 Å². The SMILES string of the molecule is N#Cc1cc(Cl)c(C(F)(F)F)cc1C(=O)O. The van der Waals surface area contributed by atoms with Gasteiger partial charge in [-0.3, -0.25) is 0 Å². The lowest BCUT2D eigenvalue weighted by molar-refractivity contribution is -0.137. The van der Waals surface area contributed by atoms with Crippen LogP contribution in [0.4, 0.5) is 13.2 Å². The second-order valence-corrected chi connectivity index (χ2v) is 3.20. The zero-order valence-electron chi connectivity index (χ0n) is 7.47. The minimum atomic E-state index is -4.75. The summed E-state index contributed by atoms with van der Waals surface area (Å²) in [6, 6.07) is 2.50. The lowest BCUT2D eigenvalue weighted by atomic mass is 10.0. The number of benzene rings is 1. The van der Waals surface area contributed by atoms with Gasteiger partial charge in [-0.2, -0.15) is 18.4 Å². The van der Waals surface area contributed by atoms with Crippen LogP contribution in [0.2, 0.25) is 5.02 Å². The van der Waals surface area contributed by atoms with Gasteiger partial charge in [-0.1, -0.05) is 11.6 Å². The Morgan fingerprint density at radius 3 is 2.38 bits per heavy atom. The molecule has 0 aliphatic rings. The van der Waals surface area contributed by atoms with Crippen LogP contribution in [-0.2, 0) is 6.18 Å². The first kappa shape index (κ1) is 12.3. The summed E-state index contributed by atoms with van der Waals surface area (Å²) < 4.78 is 37.1. The van der Waals surface area contributed by atoms with Gasteiger partial charge in [0.2, 0.25) is 0 Å². The molecule has 1 N–H and O–H groups in total. The topological polar surface area (TPSA) is 61.1 Å². The maximum Gasteiger partial charge on any atom is 0.417 e. The molecular formula is C9H3ClF3NO2. The number of nitriles is 1. The van der Waals surface area contributed by atoms with E-state index >= 15 is 0 Å². The Balaban J connectivity index is 3.53. The number of carboxylic acids is 1. The molecule has 0 saturated carbocycles. The van der Waals surface area contributed by atoms with Crippen LogP contribution < -0.4 is 0 Å². The van der Waals surface area contributed by atoms with E-state index in [-0.39, 0.29) is 0 Å². The Morgan fingerprint density at radius 1 is 1.44 bits per heavy atom. The molecule has 16 heavy (non-hydrogen) atoms. The van der Waals surface area contributed by atoms with Crippen molar-refractivity contribution in [1.82, 2.24) is 0 Å². The van der Waals surface area contributed by atoms with Crippen molar-refractivity contribution in [3.05, 3.63) is 33.8 Å². The predicted octanol–water partition coefficient (Wildman–Crippen LogP) is 2.93. The van der Waals surface area contributed by atoms with Gasteiger partial charge in [-0.05, 0) is 12.1 Å². The summed E-state index contributed by atoms with van der Waals surface area (Å²) >= 11 is 5.31. The lowest BCUT2D eigenvalue weighted by Crippen LogP contribution is -2.10. The Hall–Kier alpha value is -1.74. The van der Waals surface area contributed by atoms with Gasteiger partial charge in [0.15, 0.2) is 0 Å². The van der Waals surface area contributed by atoms with E-state index in [2.05, 4.69) is 0 Å². The summed E-state index contributed by atoms with van der Waals surface area (Å²) in [6.07, 6.45) is -4.75. The molecule has 0 heterocycles. The molecule has 7 heteroatoms. The highest BCUT2D eigenvalue weighted by Gasteiger charge is 2.34. The standard InChI is InChI=1S/C9H3ClF3NO2/c10-7-1-4(3-14)5(8(15)16)2-6(7)9(11,12)13/h1-2H,(H,15,16). The Kier molecular flexibility index (Phi) is 3.10. The molecule has 0 aliphatic carbocycles. The van der Waals surface area contributed by atoms with E-state index in [4.69, 9.17) is 22.0 Å². The fourth-order valence-corrected chi connectivity index (χ4v) is 1.33. The van der Waals surface area contributed by atoms with Crippen molar-refractivity contribution in [2.24, 2.45) is 0 Å². The normalized spacial score (nSPS) is 10.9. The monoisotopic (exact) mass is 249 g/mol. The van der Waals surface area contributed by atoms with Crippen LogP contribution in [0.3, 0.4) is 0 Å². The lowest BCUT2D eigenvalue weighted by Gasteiger charge is -2.10. The highest BCUT2D eigenvalue weighted by molar-refractivity contribution is 6.31. The number of carbonyl (C=O) groups is 1. The number of aromatic carboxylic acids is 1. The molecule has 3 nitrogen and oxygen atoms in total. The smallest absolute Gasteiger partial charge is 0.417 e. The minimum Gasteiger partial charge on any atom is -0.478 e. The molecule has 0 aromatic heterocycles. The second-order valence-electron chi connectivity index (χ2n) is 2.79. The van der Waals surface area contributed by atoms with Gasteiger partial charge in [0.25, 0.3) is 0 Å². The number of hydrogen-bond donors (Lipinski definition) is 1. The second kappa shape index (κ2) is 4.02. The Bertz CT molecular complexity index is 491. The third-order valence-corrected chi connectivity index (χ3v) is 2.08. The average Bonchev–Trinajstić information content (AvgIpc) is 2.14. The molecule has 0 fully saturated rings. The molecule has 1 rings (SSSR count). The van der Waals surface area contributed by atoms with Gasteiger partial charge in [-0.25, -0.2) is 4.79 Å². The number of rotatable bonds is 1. The zero-order valence-corrected chi connectivity index (χ0v) is 8.23. The van der Waals surface area contributed by atoms with Crippen molar-refractivity contribution >= 4 is 17.6 Å². The molecule has 0 amide bonds. The maximum atomic E-state index is 12.4. The molecule has 0 aliphatic heterocycles. The molecule has 84 valence electrons. The first-order valence-electron chi connectivity index (χ1n) is 3.81. The van der Waals surface area contributed by atoms with E-state index in [9.17, 15) is 18.0 Å². The zero-order chi connectivity index (χ0) is 12.5. The van der Waals surface area contributed by atoms with Crippen molar-refractivity contribution < 1.29 is 23.1 Å². The highest BCUT2D eigenvalue weighted by Crippen LogP contribution is 2.36. The highest BCUT2D eigenvalue weighted by atomic mass is 35.5. The number of nitrogens with zero attached hydrogens (tertiary/aromatic N) is 1. The number of carboxylic acid groups (broad SMARTS) is 1. The first-order valence-corrected chi connectivity index (χ1v) is 4.19. The maximum absolute atomic E-state index is 12.4. The molecule has 0 unspecified atom stereocenters. The predicted molar refractivity (Wildman–Crippen MR) is 48.1 cm³/mol. The molecule has 0 spiro atoms. The van der Waals surface area contributed by atoms with Crippen LogP contribution in [-0.4, -0.2) is 11.1 Å². The van der Waals surface area contributed by atoms with E-state index < -0.39 is 33.9 Å². The third kappa shape index (κ3) is 2.25. The van der Waals surface area contributed by atoms with Crippen molar-refractivity contribution in [2.45, 2.75) is 6.18 Å². The molecular weight excluding hydrogens is 247 g/mol. The fourth-order valence-electron chi connectivity index (χ4n) is 1.06. The first-order chi connectivity index (χ1) is 7.27. The van der Waals surface area contributed by atoms with Gasteiger partial charge in [-0.15, -0.1) is 0 Å². The summed E-state index contributed by atoms with van der Waals surface area (Å²) in [5.41, 5.74) is -2.41. The van der Waals surface area contributed by atoms with Gasteiger partial charge >= 0.3 is 12.1 Å². The summed E-state index contributed by atoms with van der Waals surface area (Å²) in [6.45, 7) is 0. The van der Waals surface area contributed by atoms with Crippen LogP contribution in [0.1, 0.15) is 21.5 Å². The minimum absolute atomic E-state index is 0.350. The van der Waals surface area contributed by atoms with E-state index in [0.29, 0.717) is 12.1 Å². The third-order valence-electron chi connectivity index (χ3n) is 1.76. The van der Waals surface area contributed by atoms with Crippen molar-refractivity contribution in [1.29, 1.82) is 5.26 Å². The Morgan fingerprint density at radius 2 is 2.00 bits per heavy atom. The fraction of sp³-hybridized carbons (Fsp3) is 0.111. The molecule has 0 atom stereocenters. The molecule has 1 aromatic carbocycles. The quantitative estimate of drug-likeness (QED) is 0.832. The summed E-state index contributed by atoms with van der Waals surface area (Å²) in [5.74, 6) is -1.61. The molecule has 1 aromatic rings. The summed E-state index contributed by atoms with van der Waals surface area (Å²) in [5, 5.41) is 16.4. The van der Waals surface area contributed by atoms with Crippen molar-refractivity contribution in [2.75, 3.05) is 0 Å². The van der Waals surface area contributed by atoms with Gasteiger partial charge in [0, 0.05) is 0 Å². The van der Waals surface area contributed by atoms with Crippen LogP contribution in [0.5, 0.6) is 0 Å². The summed E-state index contributed by atoms with van der Waals surface area (Å²) in [4.78, 5) is 10.6. The number of hydrogen-bond acceptors (Lipinski definition) is 2. The van der Waals surface area contributed by atoms with Crippen LogP contribution >= 0.6 is 11.6 Å². The van der Waals surface area contributed by atoms with E-state index in [1.54, 1.807) is 0 Å². The van der Waals surface area contributed by atoms with Crippen molar-refractivity contribution in [3.8, 4) is 6.07 Å². The van der Waals surface area contributed by atoms with Gasteiger partial charge < -0.3 is 5.11 Å². The average molecular weight is 250 g/mol. The van der Waals surface area contributed by atoms with Gasteiger partial charge in [0.05, 0.1) is 21.7 Å². The molecule has 0 saturated heterocycles. The van der Waals surface area contributed by atoms with Crippen molar-refractivity contribution in [3.63, 3.8) is 0 Å². The van der Waals surface area contributed by atoms with Crippen LogP contribution in [0, 0.1) is 11.3 Å². The largest absolute Gasteiger partial charge is 0.478 e. The summed E-state index contributed by atoms with van der Waals surface area (Å²) in [7, 11) is 0. The van der Waals surface area contributed by atoms with Crippen LogP contribution in [0.15, 0.2) is 12.1 Å². The van der Waals surface area contributed by atoms with Gasteiger partial charge in [0.1, 0.15) is 6.07 Å². The van der Waals surface area contributed by atoms with E-state index in [1.807, 2.05) is 0 Å². The molecule has 0 radical (unpaired) electrons.